The Hall–Kier alpha value is -3.92. The zero-order valence-electron chi connectivity index (χ0n) is 16.8. The van der Waals surface area contributed by atoms with E-state index < -0.39 is 22.8 Å². The summed E-state index contributed by atoms with van der Waals surface area (Å²) in [6, 6.07) is 17.6. The van der Waals surface area contributed by atoms with Gasteiger partial charge in [0.25, 0.3) is 0 Å². The second-order valence-corrected chi connectivity index (χ2v) is 7.39. The zero-order chi connectivity index (χ0) is 23.4. The van der Waals surface area contributed by atoms with Crippen molar-refractivity contribution in [2.75, 3.05) is 5.32 Å². The molecule has 2 amide bonds. The van der Waals surface area contributed by atoms with Gasteiger partial charge in [0.05, 0.1) is 10.6 Å². The molecule has 0 radical (unpaired) electrons. The molecule has 0 bridgehead atoms. The molecule has 168 valence electrons. The number of urea groups is 1. The third-order valence-electron chi connectivity index (χ3n) is 4.76. The van der Waals surface area contributed by atoms with Crippen molar-refractivity contribution in [3.05, 3.63) is 82.9 Å². The summed E-state index contributed by atoms with van der Waals surface area (Å²) in [6.45, 7) is 0.179. The first-order valence-electron chi connectivity index (χ1n) is 9.65. The largest absolute Gasteiger partial charge is 0.417 e. The fourth-order valence-electron chi connectivity index (χ4n) is 3.19. The van der Waals surface area contributed by atoms with Crippen LogP contribution < -0.4 is 10.6 Å². The topological polar surface area (TPSA) is 95.6 Å². The van der Waals surface area contributed by atoms with Crippen molar-refractivity contribution in [1.29, 1.82) is 0 Å². The molecule has 11 heteroatoms. The maximum Gasteiger partial charge on any atom is 0.417 e. The van der Waals surface area contributed by atoms with Crippen molar-refractivity contribution in [1.82, 2.24) is 25.9 Å². The molecule has 0 fully saturated rings. The summed E-state index contributed by atoms with van der Waals surface area (Å²) in [5.74, 6) is 0.476. The molecule has 3 aromatic carbocycles. The third-order valence-corrected chi connectivity index (χ3v) is 5.09. The number of amides is 2. The lowest BCUT2D eigenvalue weighted by Gasteiger charge is -2.12. The molecule has 0 saturated carbocycles. The number of hydrogen-bond donors (Lipinski definition) is 3. The fourth-order valence-corrected chi connectivity index (χ4v) is 3.41. The minimum atomic E-state index is -4.62. The van der Waals surface area contributed by atoms with Crippen molar-refractivity contribution < 1.29 is 18.0 Å². The number of nitrogens with one attached hydrogen (secondary N) is 3. The van der Waals surface area contributed by atoms with Gasteiger partial charge in [-0.1, -0.05) is 60.1 Å². The number of hydrogen-bond acceptors (Lipinski definition) is 4. The molecular formula is C22H16ClF3N6O. The normalized spacial score (nSPS) is 11.3. The van der Waals surface area contributed by atoms with Gasteiger partial charge in [0, 0.05) is 17.8 Å². The molecule has 0 aliphatic rings. The van der Waals surface area contributed by atoms with Crippen LogP contribution in [-0.2, 0) is 12.7 Å². The quantitative estimate of drug-likeness (QED) is 0.356. The van der Waals surface area contributed by atoms with E-state index in [0.717, 1.165) is 34.4 Å². The van der Waals surface area contributed by atoms with Crippen LogP contribution in [0.25, 0.3) is 22.5 Å². The number of alkyl halides is 3. The van der Waals surface area contributed by atoms with Crippen molar-refractivity contribution in [2.24, 2.45) is 0 Å². The highest BCUT2D eigenvalue weighted by molar-refractivity contribution is 6.31. The smallest absolute Gasteiger partial charge is 0.334 e. The van der Waals surface area contributed by atoms with Crippen LogP contribution in [0.3, 0.4) is 0 Å². The average Bonchev–Trinajstić information content (AvgIpc) is 3.33. The number of nitrogens with zero attached hydrogens (tertiary/aromatic N) is 3. The van der Waals surface area contributed by atoms with E-state index in [1.165, 1.54) is 6.07 Å². The third kappa shape index (κ3) is 5.29. The summed E-state index contributed by atoms with van der Waals surface area (Å²) in [4.78, 5) is 12.1. The second-order valence-electron chi connectivity index (χ2n) is 6.98. The molecule has 1 aromatic heterocycles. The molecule has 0 aliphatic carbocycles. The van der Waals surface area contributed by atoms with Crippen LogP contribution in [0.15, 0.2) is 66.7 Å². The van der Waals surface area contributed by atoms with E-state index in [1.54, 1.807) is 0 Å². The Morgan fingerprint density at radius 1 is 1.00 bits per heavy atom. The first-order chi connectivity index (χ1) is 15.8. The molecule has 4 rings (SSSR count). The lowest BCUT2D eigenvalue weighted by molar-refractivity contribution is -0.137. The lowest BCUT2D eigenvalue weighted by Crippen LogP contribution is -2.28. The van der Waals surface area contributed by atoms with E-state index >= 15 is 0 Å². The summed E-state index contributed by atoms with van der Waals surface area (Å²) >= 11 is 5.59. The summed E-state index contributed by atoms with van der Waals surface area (Å²) < 4.78 is 38.9. The number of anilines is 1. The number of carbonyl (C=O) groups excluding carboxylic acids is 1. The Morgan fingerprint density at radius 2 is 1.73 bits per heavy atom. The van der Waals surface area contributed by atoms with E-state index in [4.69, 9.17) is 11.6 Å². The monoisotopic (exact) mass is 472 g/mol. The lowest BCUT2D eigenvalue weighted by atomic mass is 9.98. The van der Waals surface area contributed by atoms with Crippen molar-refractivity contribution >= 4 is 23.3 Å². The molecule has 0 atom stereocenters. The van der Waals surface area contributed by atoms with Crippen molar-refractivity contribution in [2.45, 2.75) is 12.7 Å². The van der Waals surface area contributed by atoms with E-state index in [9.17, 15) is 18.0 Å². The molecule has 0 aliphatic heterocycles. The van der Waals surface area contributed by atoms with Crippen LogP contribution in [0.4, 0.5) is 23.7 Å². The molecule has 1 heterocycles. The van der Waals surface area contributed by atoms with Crippen molar-refractivity contribution in [3.63, 3.8) is 0 Å². The Balaban J connectivity index is 1.41. The Morgan fingerprint density at radius 3 is 2.39 bits per heavy atom. The van der Waals surface area contributed by atoms with Crippen LogP contribution in [-0.4, -0.2) is 26.7 Å². The Kier molecular flexibility index (Phi) is 6.27. The number of benzene rings is 3. The van der Waals surface area contributed by atoms with Gasteiger partial charge >= 0.3 is 12.2 Å². The summed E-state index contributed by atoms with van der Waals surface area (Å²) in [6.07, 6.45) is -4.62. The number of aromatic amines is 1. The van der Waals surface area contributed by atoms with E-state index in [1.807, 2.05) is 48.5 Å². The highest BCUT2D eigenvalue weighted by atomic mass is 35.5. The molecule has 0 spiro atoms. The van der Waals surface area contributed by atoms with Crippen LogP contribution in [0.1, 0.15) is 11.1 Å². The summed E-state index contributed by atoms with van der Waals surface area (Å²) in [5, 5.41) is 18.6. The van der Waals surface area contributed by atoms with Crippen LogP contribution in [0.5, 0.6) is 0 Å². The molecule has 0 unspecified atom stereocenters. The molecule has 3 N–H and O–H groups in total. The SMILES string of the molecule is O=C(NCc1ccc(-c2ccccc2-c2nn[nH]n2)cc1)Nc1ccc(Cl)c(C(F)(F)F)c1. The van der Waals surface area contributed by atoms with Gasteiger partial charge in [0.2, 0.25) is 5.82 Å². The molecule has 0 saturated heterocycles. The van der Waals surface area contributed by atoms with Crippen molar-refractivity contribution in [3.8, 4) is 22.5 Å². The Bertz CT molecular complexity index is 1260. The van der Waals surface area contributed by atoms with Gasteiger partial charge in [-0.2, -0.15) is 18.4 Å². The molecular weight excluding hydrogens is 457 g/mol. The molecule has 4 aromatic rings. The van der Waals surface area contributed by atoms with E-state index in [-0.39, 0.29) is 12.2 Å². The van der Waals surface area contributed by atoms with Gasteiger partial charge in [-0.25, -0.2) is 4.79 Å². The van der Waals surface area contributed by atoms with Crippen LogP contribution in [0.2, 0.25) is 5.02 Å². The van der Waals surface area contributed by atoms with E-state index in [0.29, 0.717) is 5.82 Å². The van der Waals surface area contributed by atoms with Gasteiger partial charge in [0.1, 0.15) is 0 Å². The number of H-pyrrole nitrogens is 1. The maximum atomic E-state index is 13.0. The summed E-state index contributed by atoms with van der Waals surface area (Å²) in [5.41, 5.74) is 2.43. The second kappa shape index (κ2) is 9.29. The van der Waals surface area contributed by atoms with E-state index in [2.05, 4.69) is 31.3 Å². The van der Waals surface area contributed by atoms with Crippen LogP contribution in [0, 0.1) is 0 Å². The zero-order valence-corrected chi connectivity index (χ0v) is 17.6. The predicted molar refractivity (Wildman–Crippen MR) is 117 cm³/mol. The number of aromatic nitrogens is 4. The van der Waals surface area contributed by atoms with Gasteiger partial charge in [0.15, 0.2) is 0 Å². The number of rotatable bonds is 5. The fraction of sp³-hybridized carbons (Fsp3) is 0.0909. The van der Waals surface area contributed by atoms with Gasteiger partial charge in [-0.3, -0.25) is 0 Å². The Labute approximate surface area is 191 Å². The molecule has 7 nitrogen and oxygen atoms in total. The van der Waals surface area contributed by atoms with Gasteiger partial charge in [-0.15, -0.1) is 10.2 Å². The predicted octanol–water partition coefficient (Wildman–Crippen LogP) is 5.53. The maximum absolute atomic E-state index is 13.0. The van der Waals surface area contributed by atoms with Gasteiger partial charge < -0.3 is 10.6 Å². The first-order valence-corrected chi connectivity index (χ1v) is 10.0. The number of halogens is 4. The minimum Gasteiger partial charge on any atom is -0.334 e. The highest BCUT2D eigenvalue weighted by Gasteiger charge is 2.33. The standard InChI is InChI=1S/C22H16ClF3N6O/c23-19-10-9-15(11-18(19)22(24,25)26)28-21(33)27-12-13-5-7-14(8-6-13)16-3-1-2-4-17(16)20-29-31-32-30-20/h1-11H,12H2,(H2,27,28,33)(H,29,30,31,32). The highest BCUT2D eigenvalue weighted by Crippen LogP contribution is 2.36. The number of tetrazole rings is 1. The average molecular weight is 473 g/mol. The number of carbonyl (C=O) groups is 1. The first kappa shape index (κ1) is 22.3. The summed E-state index contributed by atoms with van der Waals surface area (Å²) in [7, 11) is 0. The minimum absolute atomic E-state index is 0.0161. The van der Waals surface area contributed by atoms with Gasteiger partial charge in [-0.05, 0) is 40.1 Å². The van der Waals surface area contributed by atoms with Crippen LogP contribution >= 0.6 is 11.6 Å². The molecule has 33 heavy (non-hydrogen) atoms.